The van der Waals surface area contributed by atoms with Crippen molar-refractivity contribution in [2.24, 2.45) is 10.2 Å². The van der Waals surface area contributed by atoms with Gasteiger partial charge in [-0.15, -0.1) is 0 Å². The van der Waals surface area contributed by atoms with Crippen LogP contribution in [0, 0.1) is 0 Å². The fourth-order valence-corrected chi connectivity index (χ4v) is 3.72. The van der Waals surface area contributed by atoms with E-state index in [9.17, 15) is 14.4 Å². The molecule has 0 saturated heterocycles. The molecule has 36 heavy (non-hydrogen) atoms. The Bertz CT molecular complexity index is 1490. The molecule has 10 nitrogen and oxygen atoms in total. The average molecular weight is 485 g/mol. The molecule has 2 N–H and O–H groups in total. The highest BCUT2D eigenvalue weighted by Gasteiger charge is 2.18. The van der Waals surface area contributed by atoms with Crippen molar-refractivity contribution in [3.63, 3.8) is 0 Å². The van der Waals surface area contributed by atoms with Crippen LogP contribution in [0.5, 0.6) is 5.75 Å². The van der Waals surface area contributed by atoms with Gasteiger partial charge in [-0.1, -0.05) is 30.3 Å². The number of hydrogen-bond acceptors (Lipinski definition) is 8. The summed E-state index contributed by atoms with van der Waals surface area (Å²) >= 11 is 0. The lowest BCUT2D eigenvalue weighted by atomic mass is 10.0. The second kappa shape index (κ2) is 10.3. The summed E-state index contributed by atoms with van der Waals surface area (Å²) in [4.78, 5) is 44.9. The van der Waals surface area contributed by atoms with E-state index in [-0.39, 0.29) is 42.3 Å². The monoisotopic (exact) mass is 484 g/mol. The van der Waals surface area contributed by atoms with Crippen molar-refractivity contribution in [3.8, 4) is 5.75 Å². The maximum atomic E-state index is 12.8. The Morgan fingerprint density at radius 3 is 2.47 bits per heavy atom. The molecule has 2 aliphatic heterocycles. The molecule has 0 radical (unpaired) electrons. The number of amides is 2. The van der Waals surface area contributed by atoms with Crippen LogP contribution in [0.1, 0.15) is 52.4 Å². The summed E-state index contributed by atoms with van der Waals surface area (Å²) in [5.74, 6) is -0.701. The highest BCUT2D eigenvalue weighted by molar-refractivity contribution is 6.09. The number of benzene rings is 2. The Labute approximate surface area is 209 Å². The first-order valence-electron chi connectivity index (χ1n) is 12.2. The first-order valence-corrected chi connectivity index (χ1v) is 11.2. The molecule has 2 aromatic carbocycles. The van der Waals surface area contributed by atoms with Gasteiger partial charge in [0.15, 0.2) is 5.78 Å². The first kappa shape index (κ1) is 20.6. The van der Waals surface area contributed by atoms with E-state index in [2.05, 4.69) is 30.8 Å². The Hall–Kier alpha value is -4.73. The van der Waals surface area contributed by atoms with Crippen molar-refractivity contribution in [2.45, 2.75) is 25.9 Å². The van der Waals surface area contributed by atoms with E-state index >= 15 is 0 Å². The number of hydrogen-bond donors (Lipinski definition) is 2. The number of ether oxygens (including phenoxy) is 1. The Kier molecular flexibility index (Phi) is 5.88. The molecule has 1 aromatic heterocycles. The fraction of sp³-hybridized carbons (Fsp3) is 0.192. The summed E-state index contributed by atoms with van der Waals surface area (Å²) in [5.41, 5.74) is 3.16. The van der Waals surface area contributed by atoms with Gasteiger partial charge in [-0.3, -0.25) is 14.4 Å². The Morgan fingerprint density at radius 1 is 0.972 bits per heavy atom. The normalized spacial score (nSPS) is 15.2. The number of nitrogens with one attached hydrogen (secondary N) is 2. The summed E-state index contributed by atoms with van der Waals surface area (Å²) < 4.78 is 22.0. The van der Waals surface area contributed by atoms with E-state index in [4.69, 9.17) is 7.48 Å². The SMILES string of the molecule is [2H]C([2H])(NC(=O)c1cc(C(=O)NCc2ccc3c(c2)CC(=O)CO3)ncn1)c1ccc(C2=NN=CC2)cc1. The summed E-state index contributed by atoms with van der Waals surface area (Å²) in [6.45, 7) is -1.97. The molecule has 180 valence electrons. The van der Waals surface area contributed by atoms with Crippen molar-refractivity contribution in [2.75, 3.05) is 6.61 Å². The number of Topliss-reactive ketones (excluding diaryl/α,β-unsaturated/α-hetero) is 1. The number of carbonyl (C=O) groups is 3. The number of rotatable bonds is 7. The molecule has 3 aromatic rings. The molecule has 0 bridgehead atoms. The minimum atomic E-state index is -2.20. The molecular formula is C26H22N6O4. The number of aromatic nitrogens is 2. The van der Waals surface area contributed by atoms with Crippen molar-refractivity contribution in [3.05, 3.63) is 88.5 Å². The van der Waals surface area contributed by atoms with Crippen LogP contribution in [-0.2, 0) is 24.3 Å². The summed E-state index contributed by atoms with van der Waals surface area (Å²) in [6, 6.07) is 13.1. The summed E-state index contributed by atoms with van der Waals surface area (Å²) in [7, 11) is 0. The molecule has 5 rings (SSSR count). The Morgan fingerprint density at radius 2 is 1.72 bits per heavy atom. The van der Waals surface area contributed by atoms with Crippen LogP contribution < -0.4 is 15.4 Å². The summed E-state index contributed by atoms with van der Waals surface area (Å²) in [5, 5.41) is 12.9. The lowest BCUT2D eigenvalue weighted by Crippen LogP contribution is -2.27. The van der Waals surface area contributed by atoms with Gasteiger partial charge in [-0.2, -0.15) is 10.2 Å². The zero-order chi connectivity index (χ0) is 26.7. The zero-order valence-electron chi connectivity index (χ0n) is 21.0. The Balaban J connectivity index is 1.22. The number of ketones is 1. The van der Waals surface area contributed by atoms with Crippen molar-refractivity contribution in [1.82, 2.24) is 20.6 Å². The van der Waals surface area contributed by atoms with Gasteiger partial charge in [0.25, 0.3) is 11.8 Å². The molecule has 10 heteroatoms. The van der Waals surface area contributed by atoms with E-state index < -0.39 is 18.3 Å². The summed E-state index contributed by atoms with van der Waals surface area (Å²) in [6.07, 6.45) is 3.64. The topological polar surface area (TPSA) is 135 Å². The van der Waals surface area contributed by atoms with Crippen LogP contribution in [0.3, 0.4) is 0 Å². The number of carbonyl (C=O) groups excluding carboxylic acids is 3. The molecule has 0 fully saturated rings. The van der Waals surface area contributed by atoms with Gasteiger partial charge >= 0.3 is 0 Å². The van der Waals surface area contributed by atoms with Crippen molar-refractivity contribution >= 4 is 29.5 Å². The molecule has 3 heterocycles. The lowest BCUT2D eigenvalue weighted by molar-refractivity contribution is -0.121. The van der Waals surface area contributed by atoms with E-state index in [1.165, 1.54) is 6.07 Å². The second-order valence-electron chi connectivity index (χ2n) is 8.12. The van der Waals surface area contributed by atoms with Gasteiger partial charge in [-0.05, 0) is 28.8 Å². The third-order valence-electron chi connectivity index (χ3n) is 5.57. The highest BCUT2D eigenvalue weighted by Crippen LogP contribution is 2.24. The number of fused-ring (bicyclic) bond motifs is 1. The zero-order valence-corrected chi connectivity index (χ0v) is 19.0. The standard InChI is InChI=1S/C26H22N6O4/c33-20-10-19-9-17(3-6-24(19)36-14-20)13-28-26(35)23-11-22(29-15-30-23)25(34)27-12-16-1-4-18(5-2-16)21-7-8-31-32-21/h1-6,8-9,11,15H,7,10,12-14H2,(H,27,34)(H,28,35)/i12D2. The van der Waals surface area contributed by atoms with Crippen LogP contribution in [0.2, 0.25) is 0 Å². The van der Waals surface area contributed by atoms with Gasteiger partial charge in [0.1, 0.15) is 30.1 Å². The molecule has 0 atom stereocenters. The van der Waals surface area contributed by atoms with Crippen LogP contribution >= 0.6 is 0 Å². The smallest absolute Gasteiger partial charge is 0.270 e. The number of nitrogens with zero attached hydrogens (tertiary/aromatic N) is 4. The average Bonchev–Trinajstić information content (AvgIpc) is 3.46. The third kappa shape index (κ3) is 5.33. The third-order valence-corrected chi connectivity index (χ3v) is 5.57. The predicted octanol–water partition coefficient (Wildman–Crippen LogP) is 2.02. The van der Waals surface area contributed by atoms with E-state index in [0.717, 1.165) is 28.7 Å². The van der Waals surface area contributed by atoms with E-state index in [1.807, 2.05) is 0 Å². The van der Waals surface area contributed by atoms with Gasteiger partial charge in [-0.25, -0.2) is 9.97 Å². The minimum absolute atomic E-state index is 0.0130. The van der Waals surface area contributed by atoms with Gasteiger partial charge in [0, 0.05) is 43.7 Å². The largest absolute Gasteiger partial charge is 0.486 e. The maximum absolute atomic E-state index is 12.8. The van der Waals surface area contributed by atoms with Crippen LogP contribution in [-0.4, -0.2) is 46.1 Å². The van der Waals surface area contributed by atoms with Crippen LogP contribution in [0.4, 0.5) is 0 Å². The van der Waals surface area contributed by atoms with E-state index in [1.54, 1.807) is 48.7 Å². The molecular weight excluding hydrogens is 460 g/mol. The van der Waals surface area contributed by atoms with Crippen LogP contribution in [0.25, 0.3) is 0 Å². The molecule has 0 spiro atoms. The minimum Gasteiger partial charge on any atom is -0.486 e. The van der Waals surface area contributed by atoms with E-state index in [0.29, 0.717) is 12.2 Å². The van der Waals surface area contributed by atoms with Gasteiger partial charge in [0.2, 0.25) is 0 Å². The second-order valence-corrected chi connectivity index (χ2v) is 8.12. The van der Waals surface area contributed by atoms with Crippen LogP contribution in [0.15, 0.2) is 65.1 Å². The molecule has 2 amide bonds. The van der Waals surface area contributed by atoms with Gasteiger partial charge in [0.05, 0.1) is 8.45 Å². The molecule has 2 aliphatic rings. The predicted molar refractivity (Wildman–Crippen MR) is 131 cm³/mol. The molecule has 0 unspecified atom stereocenters. The molecule has 0 saturated carbocycles. The maximum Gasteiger partial charge on any atom is 0.270 e. The van der Waals surface area contributed by atoms with Crippen molar-refractivity contribution < 1.29 is 21.9 Å². The lowest BCUT2D eigenvalue weighted by Gasteiger charge is -2.17. The first-order chi connectivity index (χ1) is 18.3. The van der Waals surface area contributed by atoms with Gasteiger partial charge < -0.3 is 15.4 Å². The highest BCUT2D eigenvalue weighted by atomic mass is 16.5. The van der Waals surface area contributed by atoms with Crippen molar-refractivity contribution in [1.29, 1.82) is 0 Å². The fourth-order valence-electron chi connectivity index (χ4n) is 3.72. The quantitative estimate of drug-likeness (QED) is 0.527. The molecule has 0 aliphatic carbocycles.